The van der Waals surface area contributed by atoms with Gasteiger partial charge in [0.1, 0.15) is 0 Å². The molecule has 0 saturated carbocycles. The summed E-state index contributed by atoms with van der Waals surface area (Å²) in [5.41, 5.74) is 1.24. The van der Waals surface area contributed by atoms with E-state index in [0.29, 0.717) is 6.54 Å². The molecule has 0 radical (unpaired) electrons. The van der Waals surface area contributed by atoms with Gasteiger partial charge in [-0.1, -0.05) is 41.9 Å². The molecule has 0 heterocycles. The number of hydrogen-bond donors (Lipinski definition) is 2. The fourth-order valence-electron chi connectivity index (χ4n) is 1.57. The van der Waals surface area contributed by atoms with Crippen molar-refractivity contribution in [2.75, 3.05) is 13.1 Å². The van der Waals surface area contributed by atoms with Crippen LogP contribution in [0, 0.1) is 5.92 Å². The second-order valence-electron chi connectivity index (χ2n) is 4.68. The van der Waals surface area contributed by atoms with Gasteiger partial charge in [-0.2, -0.15) is 0 Å². The molecule has 0 aromatic heterocycles. The molecule has 1 amide bonds. The van der Waals surface area contributed by atoms with Crippen LogP contribution in [-0.4, -0.2) is 19.0 Å². The number of benzene rings is 1. The molecule has 1 aromatic rings. The molecule has 4 heteroatoms. The highest BCUT2D eigenvalue weighted by molar-refractivity contribution is 9.10. The molecule has 3 nitrogen and oxygen atoms in total. The Morgan fingerprint density at radius 1 is 1.28 bits per heavy atom. The topological polar surface area (TPSA) is 41.1 Å². The molecule has 0 saturated heterocycles. The van der Waals surface area contributed by atoms with Crippen LogP contribution in [0.4, 0.5) is 0 Å². The van der Waals surface area contributed by atoms with Gasteiger partial charge in [0.05, 0.1) is 0 Å². The van der Waals surface area contributed by atoms with Crippen molar-refractivity contribution >= 4 is 21.8 Å². The smallest absolute Gasteiger partial charge is 0.222 e. The number of carbonyl (C=O) groups excluding carboxylic acids is 1. The monoisotopic (exact) mass is 312 g/mol. The lowest BCUT2D eigenvalue weighted by molar-refractivity contribution is -0.123. The second kappa shape index (κ2) is 7.54. The van der Waals surface area contributed by atoms with Gasteiger partial charge in [0.15, 0.2) is 0 Å². The van der Waals surface area contributed by atoms with Crippen LogP contribution >= 0.6 is 15.9 Å². The van der Waals surface area contributed by atoms with Crippen LogP contribution in [0.1, 0.15) is 32.4 Å². The number of carbonyl (C=O) groups is 1. The normalized spacial score (nSPS) is 12.5. The van der Waals surface area contributed by atoms with Crippen molar-refractivity contribution in [2.24, 2.45) is 5.92 Å². The number of nitrogens with one attached hydrogen (secondary N) is 2. The summed E-state index contributed by atoms with van der Waals surface area (Å²) < 4.78 is 1.08. The molecule has 18 heavy (non-hydrogen) atoms. The van der Waals surface area contributed by atoms with Crippen molar-refractivity contribution < 1.29 is 4.79 Å². The molecule has 1 atom stereocenters. The van der Waals surface area contributed by atoms with E-state index in [1.807, 2.05) is 26.0 Å². The number of rotatable bonds is 6. The highest BCUT2D eigenvalue weighted by Gasteiger charge is 2.07. The van der Waals surface area contributed by atoms with Crippen LogP contribution in [0.3, 0.4) is 0 Å². The van der Waals surface area contributed by atoms with Gasteiger partial charge in [0, 0.05) is 29.5 Å². The van der Waals surface area contributed by atoms with Crippen molar-refractivity contribution in [3.63, 3.8) is 0 Å². The molecular weight excluding hydrogens is 292 g/mol. The summed E-state index contributed by atoms with van der Waals surface area (Å²) >= 11 is 3.46. The fraction of sp³-hybridized carbons (Fsp3) is 0.500. The largest absolute Gasteiger partial charge is 0.355 e. The molecule has 100 valence electrons. The van der Waals surface area contributed by atoms with Gasteiger partial charge >= 0.3 is 0 Å². The van der Waals surface area contributed by atoms with E-state index in [0.717, 1.165) is 11.0 Å². The van der Waals surface area contributed by atoms with Gasteiger partial charge in [0.25, 0.3) is 0 Å². The van der Waals surface area contributed by atoms with Gasteiger partial charge in [0.2, 0.25) is 5.91 Å². The lowest BCUT2D eigenvalue weighted by atomic mass is 10.1. The molecule has 0 aliphatic carbocycles. The van der Waals surface area contributed by atoms with Crippen LogP contribution in [0.2, 0.25) is 0 Å². The lowest BCUT2D eigenvalue weighted by Crippen LogP contribution is -2.35. The Balaban J connectivity index is 2.29. The molecule has 1 unspecified atom stereocenters. The Morgan fingerprint density at radius 3 is 2.61 bits per heavy atom. The van der Waals surface area contributed by atoms with Crippen LogP contribution in [0.15, 0.2) is 28.7 Å². The predicted octanol–water partition coefficient (Wildman–Crippen LogP) is 2.87. The van der Waals surface area contributed by atoms with Gasteiger partial charge in [-0.05, 0) is 24.6 Å². The fourth-order valence-corrected chi connectivity index (χ4v) is 1.99. The van der Waals surface area contributed by atoms with Gasteiger partial charge in [-0.3, -0.25) is 4.79 Å². The predicted molar refractivity (Wildman–Crippen MR) is 78.4 cm³/mol. The van der Waals surface area contributed by atoms with Crippen molar-refractivity contribution in [1.82, 2.24) is 10.6 Å². The lowest BCUT2D eigenvalue weighted by Gasteiger charge is -2.15. The van der Waals surface area contributed by atoms with Crippen LogP contribution in [0.25, 0.3) is 0 Å². The highest BCUT2D eigenvalue weighted by atomic mass is 79.9. The summed E-state index contributed by atoms with van der Waals surface area (Å²) in [7, 11) is 0. The Bertz CT molecular complexity index is 393. The standard InChI is InChI=1S/C14H21BrN2O/c1-10(2)14(18)17-8-7-16-11(3)12-5-4-6-13(15)9-12/h4-6,9-11,16H,7-8H2,1-3H3,(H,17,18). The van der Waals surface area contributed by atoms with Crippen molar-refractivity contribution in [3.05, 3.63) is 34.3 Å². The maximum Gasteiger partial charge on any atom is 0.222 e. The molecule has 1 rings (SSSR count). The quantitative estimate of drug-likeness (QED) is 0.793. The zero-order chi connectivity index (χ0) is 13.5. The number of halogens is 1. The Hall–Kier alpha value is -0.870. The van der Waals surface area contributed by atoms with Crippen LogP contribution in [-0.2, 0) is 4.79 Å². The minimum Gasteiger partial charge on any atom is -0.355 e. The Labute approximate surface area is 117 Å². The zero-order valence-corrected chi connectivity index (χ0v) is 12.8. The van der Waals surface area contributed by atoms with Crippen molar-refractivity contribution in [3.8, 4) is 0 Å². The first-order valence-corrected chi connectivity index (χ1v) is 7.06. The molecule has 1 aromatic carbocycles. The molecule has 0 bridgehead atoms. The van der Waals surface area contributed by atoms with E-state index in [4.69, 9.17) is 0 Å². The maximum absolute atomic E-state index is 11.4. The van der Waals surface area contributed by atoms with Crippen molar-refractivity contribution in [2.45, 2.75) is 26.8 Å². The molecule has 0 fully saturated rings. The van der Waals surface area contributed by atoms with E-state index in [9.17, 15) is 4.79 Å². The van der Waals surface area contributed by atoms with Gasteiger partial charge in [-0.25, -0.2) is 0 Å². The summed E-state index contributed by atoms with van der Waals surface area (Å²) in [5.74, 6) is 0.152. The number of amides is 1. The first-order valence-electron chi connectivity index (χ1n) is 6.27. The van der Waals surface area contributed by atoms with E-state index >= 15 is 0 Å². The van der Waals surface area contributed by atoms with Gasteiger partial charge in [-0.15, -0.1) is 0 Å². The highest BCUT2D eigenvalue weighted by Crippen LogP contribution is 2.17. The third-order valence-corrected chi connectivity index (χ3v) is 3.24. The third kappa shape index (κ3) is 5.19. The van der Waals surface area contributed by atoms with E-state index in [2.05, 4.69) is 45.6 Å². The molecular formula is C14H21BrN2O. The van der Waals surface area contributed by atoms with E-state index < -0.39 is 0 Å². The van der Waals surface area contributed by atoms with E-state index in [-0.39, 0.29) is 17.9 Å². The summed E-state index contributed by atoms with van der Waals surface area (Å²) in [6, 6.07) is 8.51. The summed E-state index contributed by atoms with van der Waals surface area (Å²) in [6.45, 7) is 7.34. The number of hydrogen-bond acceptors (Lipinski definition) is 2. The maximum atomic E-state index is 11.4. The first kappa shape index (κ1) is 15.2. The molecule has 2 N–H and O–H groups in total. The zero-order valence-electron chi connectivity index (χ0n) is 11.2. The summed E-state index contributed by atoms with van der Waals surface area (Å²) in [4.78, 5) is 11.4. The summed E-state index contributed by atoms with van der Waals surface area (Å²) in [5, 5.41) is 6.27. The SMILES string of the molecule is CC(C)C(=O)NCCNC(C)c1cccc(Br)c1. The van der Waals surface area contributed by atoms with E-state index in [1.165, 1.54) is 5.56 Å². The molecule has 0 aliphatic heterocycles. The van der Waals surface area contributed by atoms with Gasteiger partial charge < -0.3 is 10.6 Å². The Morgan fingerprint density at radius 2 is 2.00 bits per heavy atom. The van der Waals surface area contributed by atoms with E-state index in [1.54, 1.807) is 0 Å². The molecule has 0 aliphatic rings. The minimum atomic E-state index is 0.0486. The minimum absolute atomic E-state index is 0.0486. The third-order valence-electron chi connectivity index (χ3n) is 2.75. The second-order valence-corrected chi connectivity index (χ2v) is 5.59. The van der Waals surface area contributed by atoms with Crippen LogP contribution < -0.4 is 10.6 Å². The van der Waals surface area contributed by atoms with Crippen molar-refractivity contribution in [1.29, 1.82) is 0 Å². The first-order chi connectivity index (χ1) is 8.50. The average molecular weight is 313 g/mol. The Kier molecular flexibility index (Phi) is 6.36. The molecule has 0 spiro atoms. The summed E-state index contributed by atoms with van der Waals surface area (Å²) in [6.07, 6.45) is 0. The van der Waals surface area contributed by atoms with Crippen LogP contribution in [0.5, 0.6) is 0 Å². The average Bonchev–Trinajstić information content (AvgIpc) is 2.33.